The van der Waals surface area contributed by atoms with Gasteiger partial charge in [-0.15, -0.1) is 11.3 Å². The zero-order chi connectivity index (χ0) is 29.0. The van der Waals surface area contributed by atoms with Crippen LogP contribution >= 0.6 is 11.3 Å². The van der Waals surface area contributed by atoms with Gasteiger partial charge in [-0.2, -0.15) is 0 Å². The number of aromatic nitrogens is 1. The Morgan fingerprint density at radius 3 is 2.31 bits per heavy atom. The second kappa shape index (κ2) is 15.4. The number of amides is 3. The summed E-state index contributed by atoms with van der Waals surface area (Å²) >= 11 is 1.21. The Labute approximate surface area is 237 Å². The highest BCUT2D eigenvalue weighted by Crippen LogP contribution is 2.29. The molecule has 0 radical (unpaired) electrons. The lowest BCUT2D eigenvalue weighted by Crippen LogP contribution is -2.53. The van der Waals surface area contributed by atoms with Crippen molar-refractivity contribution < 1.29 is 37.7 Å². The highest BCUT2D eigenvalue weighted by Gasteiger charge is 2.50. The number of aryl methyl sites for hydroxylation is 1. The maximum absolute atomic E-state index is 12.9. The summed E-state index contributed by atoms with van der Waals surface area (Å²) in [5.41, 5.74) is -0.0227. The van der Waals surface area contributed by atoms with E-state index >= 15 is 0 Å². The van der Waals surface area contributed by atoms with Gasteiger partial charge >= 0.3 is 0 Å². The zero-order valence-electron chi connectivity index (χ0n) is 23.2. The molecule has 1 fully saturated rings. The van der Waals surface area contributed by atoms with Crippen molar-refractivity contribution in [3.63, 3.8) is 0 Å². The fraction of sp³-hybridized carbons (Fsp3) is 0.519. The van der Waals surface area contributed by atoms with Crippen LogP contribution in [-0.4, -0.2) is 86.3 Å². The summed E-state index contributed by atoms with van der Waals surface area (Å²) in [6, 6.07) is 7.50. The van der Waals surface area contributed by atoms with Crippen LogP contribution in [0.5, 0.6) is 0 Å². The van der Waals surface area contributed by atoms with Gasteiger partial charge in [-0.1, -0.05) is 30.3 Å². The zero-order valence-corrected chi connectivity index (χ0v) is 24.1. The summed E-state index contributed by atoms with van der Waals surface area (Å²) in [6.45, 7) is 6.95. The Kier molecular flexibility index (Phi) is 12.7. The van der Waals surface area contributed by atoms with Crippen molar-refractivity contribution in [2.24, 2.45) is 0 Å². The molecule has 3 rings (SSSR count). The fourth-order valence-electron chi connectivity index (χ4n) is 3.38. The lowest BCUT2D eigenvalue weighted by atomic mass is 9.95. The SMILES string of the molecule is COC.Cc1ncc(C(=O)N[C@@H](COC(C)C)C(=O)NCC(=O)N[C@@H](Cc2ccccc2)C(=O)[C@@]2(C)CO2)s1.[HH].[HH].[HH]. The predicted octanol–water partition coefficient (Wildman–Crippen LogP) is 2.18. The summed E-state index contributed by atoms with van der Waals surface area (Å²) in [6.07, 6.45) is 1.57. The Bertz CT molecular complexity index is 1120. The number of hydrogen-bond donors (Lipinski definition) is 3. The smallest absolute Gasteiger partial charge is 0.263 e. The van der Waals surface area contributed by atoms with Crippen LogP contribution in [0.3, 0.4) is 0 Å². The van der Waals surface area contributed by atoms with Crippen LogP contribution in [0.25, 0.3) is 0 Å². The Hall–Kier alpha value is -3.19. The molecule has 1 aliphatic heterocycles. The number of carbonyl (C=O) groups is 4. The summed E-state index contributed by atoms with van der Waals surface area (Å²) in [5, 5.41) is 8.61. The minimum absolute atomic E-state index is 0. The molecule has 3 N–H and O–H groups in total. The molecule has 220 valence electrons. The molecule has 0 aliphatic carbocycles. The van der Waals surface area contributed by atoms with Crippen molar-refractivity contribution in [3.05, 3.63) is 52.0 Å². The van der Waals surface area contributed by atoms with Crippen molar-refractivity contribution in [3.8, 4) is 0 Å². The molecule has 0 saturated carbocycles. The molecule has 39 heavy (non-hydrogen) atoms. The molecule has 1 aromatic carbocycles. The van der Waals surface area contributed by atoms with Gasteiger partial charge in [-0.25, -0.2) is 4.98 Å². The third-order valence-electron chi connectivity index (χ3n) is 5.52. The molecule has 12 heteroatoms. The lowest BCUT2D eigenvalue weighted by Gasteiger charge is -2.21. The molecule has 1 saturated heterocycles. The van der Waals surface area contributed by atoms with Crippen molar-refractivity contribution in [1.82, 2.24) is 20.9 Å². The summed E-state index contributed by atoms with van der Waals surface area (Å²) in [4.78, 5) is 55.4. The summed E-state index contributed by atoms with van der Waals surface area (Å²) < 4.78 is 15.1. The number of epoxide rings is 1. The molecular formula is C27H44N4O7S. The first kappa shape index (κ1) is 32.0. The first-order valence-electron chi connectivity index (χ1n) is 12.5. The second-order valence-corrected chi connectivity index (χ2v) is 10.7. The van der Waals surface area contributed by atoms with E-state index in [2.05, 4.69) is 25.7 Å². The lowest BCUT2D eigenvalue weighted by molar-refractivity contribution is -0.131. The molecular weight excluding hydrogens is 524 g/mol. The molecule has 0 bridgehead atoms. The average Bonchev–Trinajstić information content (AvgIpc) is 3.50. The van der Waals surface area contributed by atoms with Gasteiger partial charge in [0.25, 0.3) is 5.91 Å². The van der Waals surface area contributed by atoms with Gasteiger partial charge in [-0.3, -0.25) is 19.2 Å². The number of Topliss-reactive ketones (excluding diaryl/α,β-unsaturated/α-hetero) is 1. The van der Waals surface area contributed by atoms with Gasteiger partial charge in [0.05, 0.1) is 43.1 Å². The number of methoxy groups -OCH3 is 1. The highest BCUT2D eigenvalue weighted by atomic mass is 32.1. The first-order chi connectivity index (χ1) is 18.5. The minimum atomic E-state index is -1.02. The normalized spacial score (nSPS) is 17.3. The Balaban J connectivity index is 0. The van der Waals surface area contributed by atoms with E-state index in [4.69, 9.17) is 9.47 Å². The van der Waals surface area contributed by atoms with E-state index in [-0.39, 0.29) is 29.3 Å². The quantitative estimate of drug-likeness (QED) is 0.312. The molecule has 1 aromatic heterocycles. The monoisotopic (exact) mass is 568 g/mol. The van der Waals surface area contributed by atoms with Gasteiger partial charge in [0, 0.05) is 18.5 Å². The van der Waals surface area contributed by atoms with Crippen LogP contribution in [0.1, 0.15) is 45.3 Å². The maximum atomic E-state index is 12.9. The van der Waals surface area contributed by atoms with E-state index in [0.29, 0.717) is 17.9 Å². The third-order valence-corrected chi connectivity index (χ3v) is 6.43. The standard InChI is InChI=1S/C25H32N4O6S.C2H6O.3H2/c1-15(2)34-13-19(29-24(33)20-11-26-16(3)36-20)23(32)27-12-21(30)28-18(22(31)25(4)14-35-25)10-17-8-6-5-7-9-17;1-3-2;;;/h5-9,11,15,18-19H,10,12-14H2,1-4H3,(H,27,32)(H,28,30)(H,29,33);1-2H3;3*1H/t18-,19-,25+;;;;/m0..../s1. The number of hydrogen-bond acceptors (Lipinski definition) is 9. The van der Waals surface area contributed by atoms with Crippen LogP contribution in [0.15, 0.2) is 36.5 Å². The van der Waals surface area contributed by atoms with E-state index in [1.54, 1.807) is 28.1 Å². The number of ether oxygens (including phenoxy) is 3. The largest absolute Gasteiger partial charge is 0.388 e. The molecule has 1 aliphatic rings. The number of thiazole rings is 1. The number of nitrogens with zero attached hydrogens (tertiary/aromatic N) is 1. The maximum Gasteiger partial charge on any atom is 0.263 e. The van der Waals surface area contributed by atoms with Crippen LogP contribution in [-0.2, 0) is 35.0 Å². The fourth-order valence-corrected chi connectivity index (χ4v) is 4.06. The summed E-state index contributed by atoms with van der Waals surface area (Å²) in [7, 11) is 3.25. The topological polar surface area (TPSA) is 148 Å². The second-order valence-electron chi connectivity index (χ2n) is 9.47. The number of rotatable bonds is 13. The van der Waals surface area contributed by atoms with Gasteiger partial charge in [0.15, 0.2) is 5.78 Å². The van der Waals surface area contributed by atoms with Gasteiger partial charge in [0.1, 0.15) is 16.5 Å². The van der Waals surface area contributed by atoms with E-state index in [0.717, 1.165) is 10.6 Å². The number of ketones is 1. The number of carbonyl (C=O) groups excluding carboxylic acids is 4. The average molecular weight is 569 g/mol. The van der Waals surface area contributed by atoms with E-state index in [1.165, 1.54) is 17.5 Å². The number of benzene rings is 1. The Morgan fingerprint density at radius 1 is 1.13 bits per heavy atom. The molecule has 2 heterocycles. The van der Waals surface area contributed by atoms with Crippen LogP contribution < -0.4 is 16.0 Å². The van der Waals surface area contributed by atoms with Gasteiger partial charge in [0.2, 0.25) is 11.8 Å². The summed E-state index contributed by atoms with van der Waals surface area (Å²) in [5.74, 6) is -1.79. The third kappa shape index (κ3) is 10.8. The highest BCUT2D eigenvalue weighted by molar-refractivity contribution is 7.13. The van der Waals surface area contributed by atoms with Gasteiger partial charge < -0.3 is 30.2 Å². The number of nitrogens with one attached hydrogen (secondary N) is 3. The molecule has 0 unspecified atom stereocenters. The van der Waals surface area contributed by atoms with Crippen molar-refractivity contribution in [1.29, 1.82) is 0 Å². The molecule has 3 amide bonds. The van der Waals surface area contributed by atoms with Crippen molar-refractivity contribution in [2.45, 2.75) is 57.9 Å². The van der Waals surface area contributed by atoms with E-state index < -0.39 is 35.4 Å². The van der Waals surface area contributed by atoms with E-state index in [9.17, 15) is 19.2 Å². The Morgan fingerprint density at radius 2 is 1.77 bits per heavy atom. The minimum Gasteiger partial charge on any atom is -0.388 e. The van der Waals surface area contributed by atoms with Gasteiger partial charge in [-0.05, 0) is 39.7 Å². The van der Waals surface area contributed by atoms with Crippen LogP contribution in [0.2, 0.25) is 0 Å². The molecule has 11 nitrogen and oxygen atoms in total. The van der Waals surface area contributed by atoms with Crippen LogP contribution in [0.4, 0.5) is 0 Å². The first-order valence-corrected chi connectivity index (χ1v) is 13.3. The molecule has 0 spiro atoms. The molecule has 3 atom stereocenters. The van der Waals surface area contributed by atoms with Crippen molar-refractivity contribution in [2.75, 3.05) is 34.0 Å². The molecule has 2 aromatic rings. The predicted molar refractivity (Wildman–Crippen MR) is 153 cm³/mol. The van der Waals surface area contributed by atoms with Crippen LogP contribution in [0, 0.1) is 6.92 Å². The van der Waals surface area contributed by atoms with E-state index in [1.807, 2.05) is 44.2 Å². The van der Waals surface area contributed by atoms with Crippen molar-refractivity contribution >= 4 is 34.8 Å².